The molecule has 0 amide bonds. The van der Waals surface area contributed by atoms with E-state index in [1.165, 1.54) is 19.0 Å². The summed E-state index contributed by atoms with van der Waals surface area (Å²) in [4.78, 5) is 18.3. The molecule has 1 fully saturated rings. The van der Waals surface area contributed by atoms with E-state index in [-0.39, 0.29) is 18.4 Å². The molecule has 13 heteroatoms. The summed E-state index contributed by atoms with van der Waals surface area (Å²) >= 11 is 9.89. The second kappa shape index (κ2) is 11.8. The Morgan fingerprint density at radius 1 is 1.23 bits per heavy atom. The molecule has 39 heavy (non-hydrogen) atoms. The molecule has 0 bridgehead atoms. The standard InChI is InChI=1S/C26H29BrClF3N4O4/c1-14-13-34(20-10-23(37-3)32-12-18(20)28)8-7-21(14)39-22-6-5-16(9-17(22)27)35-19(11-24(36)38-4)15(2)25(33-35)26(29,30)31/h5-6,9-10,12,14-15,19,21H,7-8,11,13H2,1-4H3/t14-,15+,19+,21-/m1/s1. The summed E-state index contributed by atoms with van der Waals surface area (Å²) < 4.78 is 57.7. The number of hydrogen-bond acceptors (Lipinski definition) is 8. The van der Waals surface area contributed by atoms with Gasteiger partial charge in [-0.2, -0.15) is 18.3 Å². The first-order valence-electron chi connectivity index (χ1n) is 12.3. The van der Waals surface area contributed by atoms with Gasteiger partial charge in [-0.15, -0.1) is 0 Å². The van der Waals surface area contributed by atoms with Gasteiger partial charge in [0.1, 0.15) is 17.6 Å². The predicted molar refractivity (Wildman–Crippen MR) is 146 cm³/mol. The van der Waals surface area contributed by atoms with Crippen LogP contribution in [-0.2, 0) is 9.53 Å². The van der Waals surface area contributed by atoms with Crippen LogP contribution in [0.4, 0.5) is 24.5 Å². The van der Waals surface area contributed by atoms with Gasteiger partial charge >= 0.3 is 12.1 Å². The molecule has 1 aromatic heterocycles. The fourth-order valence-corrected chi connectivity index (χ4v) is 5.61. The van der Waals surface area contributed by atoms with Crippen molar-refractivity contribution in [2.75, 3.05) is 37.2 Å². The van der Waals surface area contributed by atoms with Crippen LogP contribution >= 0.6 is 27.5 Å². The molecule has 0 saturated carbocycles. The lowest BCUT2D eigenvalue weighted by molar-refractivity contribution is -0.141. The first kappa shape index (κ1) is 29.3. The van der Waals surface area contributed by atoms with E-state index in [1.54, 1.807) is 31.5 Å². The summed E-state index contributed by atoms with van der Waals surface area (Å²) in [6, 6.07) is 5.96. The number of alkyl halides is 3. The Bertz CT molecular complexity index is 1250. The average molecular weight is 634 g/mol. The molecule has 8 nitrogen and oxygen atoms in total. The van der Waals surface area contributed by atoms with Crippen LogP contribution in [0.15, 0.2) is 40.0 Å². The highest BCUT2D eigenvalue weighted by molar-refractivity contribution is 9.10. The van der Waals surface area contributed by atoms with Crippen LogP contribution in [0.1, 0.15) is 26.7 Å². The topological polar surface area (TPSA) is 76.5 Å². The summed E-state index contributed by atoms with van der Waals surface area (Å²) in [5.74, 6) is -0.440. The van der Waals surface area contributed by atoms with Crippen LogP contribution in [0.25, 0.3) is 0 Å². The molecule has 1 aromatic carbocycles. The molecule has 0 aliphatic carbocycles. The minimum atomic E-state index is -4.61. The molecule has 4 rings (SSSR count). The van der Waals surface area contributed by atoms with E-state index < -0.39 is 29.8 Å². The zero-order valence-electron chi connectivity index (χ0n) is 21.8. The van der Waals surface area contributed by atoms with Gasteiger partial charge in [0, 0.05) is 37.4 Å². The van der Waals surface area contributed by atoms with E-state index in [1.807, 2.05) is 6.07 Å². The number of hydrazone groups is 1. The number of esters is 1. The molecule has 0 spiro atoms. The van der Waals surface area contributed by atoms with Crippen molar-refractivity contribution in [1.29, 1.82) is 0 Å². The number of piperidine rings is 1. The summed E-state index contributed by atoms with van der Waals surface area (Å²) in [6.45, 7) is 4.90. The Morgan fingerprint density at radius 3 is 2.59 bits per heavy atom. The number of rotatable bonds is 7. The van der Waals surface area contributed by atoms with Gasteiger partial charge in [-0.05, 0) is 34.1 Å². The van der Waals surface area contributed by atoms with E-state index in [2.05, 4.69) is 37.8 Å². The number of pyridine rings is 1. The van der Waals surface area contributed by atoms with Crippen LogP contribution in [0.2, 0.25) is 5.02 Å². The molecule has 212 valence electrons. The monoisotopic (exact) mass is 632 g/mol. The highest BCUT2D eigenvalue weighted by Gasteiger charge is 2.49. The summed E-state index contributed by atoms with van der Waals surface area (Å²) in [5, 5.41) is 5.64. The molecule has 2 aromatic rings. The number of hydrogen-bond donors (Lipinski definition) is 0. The number of anilines is 2. The number of halogens is 5. The van der Waals surface area contributed by atoms with Gasteiger partial charge in [0.15, 0.2) is 0 Å². The fourth-order valence-electron chi connectivity index (χ4n) is 4.93. The summed E-state index contributed by atoms with van der Waals surface area (Å²) in [5.41, 5.74) is 0.318. The molecular weight excluding hydrogens is 605 g/mol. The van der Waals surface area contributed by atoms with Crippen LogP contribution in [-0.4, -0.2) is 62.3 Å². The first-order chi connectivity index (χ1) is 18.4. The van der Waals surface area contributed by atoms with Crippen molar-refractivity contribution in [2.24, 2.45) is 16.9 Å². The van der Waals surface area contributed by atoms with Crippen LogP contribution in [0, 0.1) is 11.8 Å². The van der Waals surface area contributed by atoms with Crippen molar-refractivity contribution >= 4 is 50.6 Å². The van der Waals surface area contributed by atoms with E-state index >= 15 is 0 Å². The van der Waals surface area contributed by atoms with Gasteiger partial charge in [-0.1, -0.05) is 25.4 Å². The van der Waals surface area contributed by atoms with E-state index in [0.717, 1.165) is 12.1 Å². The largest absolute Gasteiger partial charge is 0.489 e. The summed E-state index contributed by atoms with van der Waals surface area (Å²) in [6.07, 6.45) is -2.65. The molecule has 3 heterocycles. The van der Waals surface area contributed by atoms with Crippen molar-refractivity contribution in [2.45, 2.75) is 45.0 Å². The number of carbonyl (C=O) groups excluding carboxylic acids is 1. The third kappa shape index (κ3) is 6.37. The van der Waals surface area contributed by atoms with Gasteiger partial charge in [-0.3, -0.25) is 9.80 Å². The number of ether oxygens (including phenoxy) is 3. The smallest absolute Gasteiger partial charge is 0.431 e. The predicted octanol–water partition coefficient (Wildman–Crippen LogP) is 6.11. The van der Waals surface area contributed by atoms with Gasteiger partial charge in [0.2, 0.25) is 5.88 Å². The second-order valence-electron chi connectivity index (χ2n) is 9.62. The quantitative estimate of drug-likeness (QED) is 0.341. The van der Waals surface area contributed by atoms with Gasteiger partial charge in [-0.25, -0.2) is 4.98 Å². The highest BCUT2D eigenvalue weighted by Crippen LogP contribution is 2.40. The third-order valence-corrected chi connectivity index (χ3v) is 7.99. The second-order valence-corrected chi connectivity index (χ2v) is 10.9. The summed E-state index contributed by atoms with van der Waals surface area (Å²) in [7, 11) is 2.76. The van der Waals surface area contributed by atoms with Gasteiger partial charge in [0.05, 0.1) is 53.7 Å². The van der Waals surface area contributed by atoms with Crippen molar-refractivity contribution in [3.63, 3.8) is 0 Å². The Morgan fingerprint density at radius 2 is 1.97 bits per heavy atom. The van der Waals surface area contributed by atoms with Gasteiger partial charge < -0.3 is 19.1 Å². The minimum Gasteiger partial charge on any atom is -0.489 e. The maximum absolute atomic E-state index is 13.6. The molecule has 2 aliphatic rings. The number of nitrogens with zero attached hydrogens (tertiary/aromatic N) is 4. The number of carbonyl (C=O) groups is 1. The normalized spacial score (nSPS) is 23.5. The van der Waals surface area contributed by atoms with E-state index in [9.17, 15) is 18.0 Å². The SMILES string of the molecule is COC(=O)C[C@H]1[C@H](C)C(C(F)(F)F)=NN1c1ccc(O[C@@H]2CCN(c3cc(OC)ncc3Cl)C[C@H]2C)c(Br)c1. The number of methoxy groups -OCH3 is 2. The molecular formula is C26H29BrClF3N4O4. The fraction of sp³-hybridized carbons (Fsp3) is 0.500. The van der Waals surface area contributed by atoms with E-state index in [0.29, 0.717) is 39.9 Å². The Labute approximate surface area is 238 Å². The van der Waals surface area contributed by atoms with Crippen molar-refractivity contribution in [3.8, 4) is 11.6 Å². The maximum Gasteiger partial charge on any atom is 0.431 e. The molecule has 0 radical (unpaired) electrons. The number of benzene rings is 1. The molecule has 4 atom stereocenters. The van der Waals surface area contributed by atoms with Crippen molar-refractivity contribution < 1.29 is 32.2 Å². The maximum atomic E-state index is 13.6. The van der Waals surface area contributed by atoms with Gasteiger partial charge in [0.25, 0.3) is 0 Å². The average Bonchev–Trinajstić information content (AvgIpc) is 3.22. The van der Waals surface area contributed by atoms with Crippen molar-refractivity contribution in [1.82, 2.24) is 4.98 Å². The Balaban J connectivity index is 1.49. The number of aromatic nitrogens is 1. The van der Waals surface area contributed by atoms with Crippen LogP contribution in [0.3, 0.4) is 0 Å². The third-order valence-electron chi connectivity index (χ3n) is 7.08. The first-order valence-corrected chi connectivity index (χ1v) is 13.5. The minimum absolute atomic E-state index is 0.0976. The zero-order chi connectivity index (χ0) is 28.5. The molecule has 1 saturated heterocycles. The highest BCUT2D eigenvalue weighted by atomic mass is 79.9. The zero-order valence-corrected chi connectivity index (χ0v) is 24.2. The lowest BCUT2D eigenvalue weighted by Gasteiger charge is -2.38. The lowest BCUT2D eigenvalue weighted by atomic mass is 9.94. The molecule has 2 aliphatic heterocycles. The van der Waals surface area contributed by atoms with Crippen molar-refractivity contribution in [3.05, 3.63) is 40.0 Å². The van der Waals surface area contributed by atoms with Crippen LogP contribution < -0.4 is 19.4 Å². The van der Waals surface area contributed by atoms with E-state index in [4.69, 9.17) is 25.8 Å². The molecule has 0 N–H and O–H groups in total. The molecule has 0 unspecified atom stereocenters. The lowest BCUT2D eigenvalue weighted by Crippen LogP contribution is -2.44. The Hall–Kier alpha value is -2.73. The Kier molecular flexibility index (Phi) is 8.85. The van der Waals surface area contributed by atoms with Crippen LogP contribution in [0.5, 0.6) is 11.6 Å².